The van der Waals surface area contributed by atoms with Gasteiger partial charge in [0, 0.05) is 0 Å². The van der Waals surface area contributed by atoms with Crippen LogP contribution < -0.4 is 18.9 Å². The van der Waals surface area contributed by atoms with Crippen LogP contribution in [0.15, 0.2) is 23.1 Å². The Labute approximate surface area is 109 Å². The molecule has 0 amide bonds. The summed E-state index contributed by atoms with van der Waals surface area (Å²) in [5.74, 6) is -3.01. The summed E-state index contributed by atoms with van der Waals surface area (Å²) in [5.41, 5.74) is -1.12. The molecule has 0 saturated heterocycles. The summed E-state index contributed by atoms with van der Waals surface area (Å²) in [5, 5.41) is 17.2. The van der Waals surface area contributed by atoms with E-state index in [1.165, 1.54) is 0 Å². The number of carbonyl (C=O) groups is 2. The summed E-state index contributed by atoms with van der Waals surface area (Å²) >= 11 is 0. The molecule has 1 rings (SSSR count). The average Bonchev–Trinajstić information content (AvgIpc) is 2.15. The van der Waals surface area contributed by atoms with E-state index in [0.717, 1.165) is 12.1 Å². The van der Waals surface area contributed by atoms with Gasteiger partial charge in [-0.25, -0.2) is 9.59 Å². The maximum atomic E-state index is 10.8. The zero-order valence-electron chi connectivity index (χ0n) is 9.61. The standard InChI is InChI=1S/C8H6O7S.Li.H/c9-7(10)4-1-2-5(8(11)12)6(3-4)16(13,14)15;;/h1-3H,(H,9,10)(H,11,12)(H,13,14,15);;/q;+1;-1. The fraction of sp³-hybridized carbons (Fsp3) is 0. The molecule has 0 fully saturated rings. The molecule has 0 saturated carbocycles. The molecule has 0 aliphatic carbocycles. The van der Waals surface area contributed by atoms with Crippen molar-refractivity contribution in [3.63, 3.8) is 0 Å². The normalized spacial score (nSPS) is 10.4. The molecule has 7 nitrogen and oxygen atoms in total. The van der Waals surface area contributed by atoms with Gasteiger partial charge in [-0.3, -0.25) is 4.55 Å². The minimum atomic E-state index is -4.78. The summed E-state index contributed by atoms with van der Waals surface area (Å²) in [6.07, 6.45) is 0. The van der Waals surface area contributed by atoms with E-state index in [1.54, 1.807) is 0 Å². The van der Waals surface area contributed by atoms with E-state index in [9.17, 15) is 18.0 Å². The first-order chi connectivity index (χ1) is 7.23. The van der Waals surface area contributed by atoms with Crippen LogP contribution in [-0.2, 0) is 10.1 Å². The minimum absolute atomic E-state index is 0. The Morgan fingerprint density at radius 1 is 1.12 bits per heavy atom. The molecule has 0 heterocycles. The Balaban J connectivity index is 0. The van der Waals surface area contributed by atoms with E-state index in [0.29, 0.717) is 6.07 Å². The van der Waals surface area contributed by atoms with Crippen molar-refractivity contribution >= 4 is 22.1 Å². The van der Waals surface area contributed by atoms with Crippen LogP contribution in [0.3, 0.4) is 0 Å². The largest absolute Gasteiger partial charge is 1.00 e. The number of hydrogen-bond donors (Lipinski definition) is 3. The second kappa shape index (κ2) is 5.33. The van der Waals surface area contributed by atoms with Crippen LogP contribution in [0.1, 0.15) is 22.1 Å². The molecular formula is C8H7LiO7S. The quantitative estimate of drug-likeness (QED) is 0.400. The second-order valence-electron chi connectivity index (χ2n) is 2.80. The molecule has 0 unspecified atom stereocenters. The van der Waals surface area contributed by atoms with Gasteiger partial charge in [0.15, 0.2) is 0 Å². The van der Waals surface area contributed by atoms with Crippen molar-refractivity contribution in [2.45, 2.75) is 4.90 Å². The fourth-order valence-electron chi connectivity index (χ4n) is 1.05. The SMILES string of the molecule is O=C(O)c1ccc(C(=O)O)c(S(=O)(=O)O)c1.[H-].[Li+]. The van der Waals surface area contributed by atoms with Crippen molar-refractivity contribution in [1.29, 1.82) is 0 Å². The molecule has 88 valence electrons. The van der Waals surface area contributed by atoms with Gasteiger partial charge in [0.05, 0.1) is 11.1 Å². The number of aromatic carboxylic acids is 2. The van der Waals surface area contributed by atoms with Crippen molar-refractivity contribution in [1.82, 2.24) is 0 Å². The minimum Gasteiger partial charge on any atom is -1.00 e. The number of benzene rings is 1. The third-order valence-electron chi connectivity index (χ3n) is 1.74. The van der Waals surface area contributed by atoms with Gasteiger partial charge in [-0.15, -0.1) is 0 Å². The first-order valence-electron chi connectivity index (χ1n) is 3.81. The predicted molar refractivity (Wildman–Crippen MR) is 51.3 cm³/mol. The fourth-order valence-corrected chi connectivity index (χ4v) is 1.75. The molecule has 0 aliphatic heterocycles. The van der Waals surface area contributed by atoms with E-state index in [4.69, 9.17) is 14.8 Å². The van der Waals surface area contributed by atoms with Crippen molar-refractivity contribution in [2.24, 2.45) is 0 Å². The van der Waals surface area contributed by atoms with Gasteiger partial charge >= 0.3 is 30.8 Å². The molecule has 1 aromatic carbocycles. The van der Waals surface area contributed by atoms with E-state index in [-0.39, 0.29) is 20.3 Å². The maximum absolute atomic E-state index is 10.8. The number of hydrogen-bond acceptors (Lipinski definition) is 4. The van der Waals surface area contributed by atoms with E-state index in [2.05, 4.69) is 0 Å². The average molecular weight is 254 g/mol. The third-order valence-corrected chi connectivity index (χ3v) is 2.63. The summed E-state index contributed by atoms with van der Waals surface area (Å²) in [4.78, 5) is 20.2. The summed E-state index contributed by atoms with van der Waals surface area (Å²) < 4.78 is 30.4. The molecule has 0 atom stereocenters. The maximum Gasteiger partial charge on any atom is 1.00 e. The Bertz CT molecular complexity index is 569. The van der Waals surface area contributed by atoms with Crippen LogP contribution >= 0.6 is 0 Å². The molecule has 0 aliphatic rings. The number of carboxylic acid groups (broad SMARTS) is 2. The molecule has 0 spiro atoms. The smallest absolute Gasteiger partial charge is 1.00 e. The number of rotatable bonds is 3. The van der Waals surface area contributed by atoms with Crippen LogP contribution in [-0.4, -0.2) is 35.1 Å². The van der Waals surface area contributed by atoms with Gasteiger partial charge in [0.1, 0.15) is 4.90 Å². The van der Waals surface area contributed by atoms with Gasteiger partial charge in [0.25, 0.3) is 10.1 Å². The van der Waals surface area contributed by atoms with Crippen molar-refractivity contribution in [3.8, 4) is 0 Å². The van der Waals surface area contributed by atoms with Gasteiger partial charge in [0.2, 0.25) is 0 Å². The van der Waals surface area contributed by atoms with Crippen molar-refractivity contribution in [2.75, 3.05) is 0 Å². The van der Waals surface area contributed by atoms with Crippen LogP contribution in [0.2, 0.25) is 0 Å². The van der Waals surface area contributed by atoms with Gasteiger partial charge in [-0.05, 0) is 18.2 Å². The van der Waals surface area contributed by atoms with E-state index in [1.807, 2.05) is 0 Å². The van der Waals surface area contributed by atoms with Gasteiger partial charge in [-0.2, -0.15) is 8.42 Å². The van der Waals surface area contributed by atoms with Crippen molar-refractivity contribution in [3.05, 3.63) is 29.3 Å². The molecule has 17 heavy (non-hydrogen) atoms. The first-order valence-corrected chi connectivity index (χ1v) is 5.25. The van der Waals surface area contributed by atoms with Crippen LogP contribution in [0.25, 0.3) is 0 Å². The zero-order chi connectivity index (χ0) is 12.5. The van der Waals surface area contributed by atoms with Gasteiger partial charge in [-0.1, -0.05) is 0 Å². The monoisotopic (exact) mass is 254 g/mol. The van der Waals surface area contributed by atoms with E-state index >= 15 is 0 Å². The van der Waals surface area contributed by atoms with E-state index < -0.39 is 38.1 Å². The summed E-state index contributed by atoms with van der Waals surface area (Å²) in [6.45, 7) is 0. The second-order valence-corrected chi connectivity index (χ2v) is 4.19. The Kier molecular flexibility index (Phi) is 4.91. The molecular weight excluding hydrogens is 247 g/mol. The summed E-state index contributed by atoms with van der Waals surface area (Å²) in [7, 11) is -4.78. The van der Waals surface area contributed by atoms with Crippen LogP contribution in [0.5, 0.6) is 0 Å². The Morgan fingerprint density at radius 3 is 2.00 bits per heavy atom. The van der Waals surface area contributed by atoms with Crippen LogP contribution in [0, 0.1) is 0 Å². The molecule has 0 aromatic heterocycles. The molecule has 0 bridgehead atoms. The Hall–Kier alpha value is -1.33. The van der Waals surface area contributed by atoms with Crippen molar-refractivity contribution < 1.29 is 53.1 Å². The predicted octanol–water partition coefficient (Wildman–Crippen LogP) is -2.55. The zero-order valence-corrected chi connectivity index (χ0v) is 9.43. The number of carboxylic acids is 2. The third kappa shape index (κ3) is 3.57. The van der Waals surface area contributed by atoms with Crippen LogP contribution in [0.4, 0.5) is 0 Å². The first kappa shape index (κ1) is 15.7. The Morgan fingerprint density at radius 2 is 1.65 bits per heavy atom. The molecule has 1 aromatic rings. The molecule has 3 N–H and O–H groups in total. The molecule has 0 radical (unpaired) electrons. The topological polar surface area (TPSA) is 129 Å². The molecule has 9 heteroatoms. The summed E-state index contributed by atoms with van der Waals surface area (Å²) in [6, 6.07) is 2.32. The van der Waals surface area contributed by atoms with Gasteiger partial charge < -0.3 is 11.6 Å².